The lowest BCUT2D eigenvalue weighted by molar-refractivity contribution is 0.226. The molecular weight excluding hydrogens is 354 g/mol. The fraction of sp³-hybridized carbons (Fsp3) is 0.143. The van der Waals surface area contributed by atoms with Crippen molar-refractivity contribution < 1.29 is 9.13 Å². The van der Waals surface area contributed by atoms with E-state index in [2.05, 4.69) is 15.9 Å². The summed E-state index contributed by atoms with van der Waals surface area (Å²) in [5.41, 5.74) is 0.448. The highest BCUT2D eigenvalue weighted by Gasteiger charge is 2.18. The van der Waals surface area contributed by atoms with Crippen LogP contribution < -0.4 is 4.74 Å². The lowest BCUT2D eigenvalue weighted by atomic mass is 10.1. The Morgan fingerprint density at radius 1 is 1.21 bits per heavy atom. The highest BCUT2D eigenvalue weighted by atomic mass is 79.9. The fourth-order valence-corrected chi connectivity index (χ4v) is 2.77. The summed E-state index contributed by atoms with van der Waals surface area (Å²) in [6.07, 6.45) is -0.454. The van der Waals surface area contributed by atoms with Gasteiger partial charge in [0.2, 0.25) is 0 Å². The third-order valence-corrected chi connectivity index (χ3v) is 3.80. The minimum absolute atomic E-state index is 0.00463. The zero-order valence-corrected chi connectivity index (χ0v) is 13.1. The highest BCUT2D eigenvalue weighted by Crippen LogP contribution is 2.35. The Bertz CT molecular complexity index is 604. The average molecular weight is 364 g/mol. The molecule has 100 valence electrons. The van der Waals surface area contributed by atoms with Crippen LogP contribution in [-0.2, 0) is 0 Å². The molecular formula is C14H10BrCl2FO. The van der Waals surface area contributed by atoms with Crippen molar-refractivity contribution in [1.29, 1.82) is 0 Å². The monoisotopic (exact) mass is 362 g/mol. The second kappa shape index (κ2) is 6.12. The summed E-state index contributed by atoms with van der Waals surface area (Å²) in [6, 6.07) is 10.1. The third-order valence-electron chi connectivity index (χ3n) is 2.59. The predicted octanol–water partition coefficient (Wildman–Crippen LogP) is 6.04. The number of benzene rings is 2. The van der Waals surface area contributed by atoms with Crippen LogP contribution in [0.5, 0.6) is 5.75 Å². The van der Waals surface area contributed by atoms with E-state index < -0.39 is 11.9 Å². The Kier molecular flexibility index (Phi) is 4.71. The molecule has 19 heavy (non-hydrogen) atoms. The molecule has 0 bridgehead atoms. The summed E-state index contributed by atoms with van der Waals surface area (Å²) in [5.74, 6) is 0.143. The van der Waals surface area contributed by atoms with Crippen molar-refractivity contribution in [3.05, 3.63) is 62.3 Å². The van der Waals surface area contributed by atoms with Gasteiger partial charge in [0.1, 0.15) is 17.7 Å². The molecule has 1 atom stereocenters. The van der Waals surface area contributed by atoms with E-state index in [1.54, 1.807) is 6.92 Å². The summed E-state index contributed by atoms with van der Waals surface area (Å²) in [5, 5.41) is 0.379. The van der Waals surface area contributed by atoms with Crippen molar-refractivity contribution in [2.75, 3.05) is 0 Å². The number of hydrogen-bond donors (Lipinski definition) is 0. The van der Waals surface area contributed by atoms with Gasteiger partial charge < -0.3 is 4.74 Å². The fourth-order valence-electron chi connectivity index (χ4n) is 1.72. The number of hydrogen-bond acceptors (Lipinski definition) is 1. The number of halogens is 4. The molecule has 1 nitrogen and oxygen atoms in total. The summed E-state index contributed by atoms with van der Waals surface area (Å²) in [7, 11) is 0. The second-order valence-corrected chi connectivity index (χ2v) is 5.68. The molecule has 0 amide bonds. The quantitative estimate of drug-likeness (QED) is 0.604. The lowest BCUT2D eigenvalue weighted by Crippen LogP contribution is -2.05. The average Bonchev–Trinajstić information content (AvgIpc) is 2.34. The first-order valence-corrected chi connectivity index (χ1v) is 7.09. The van der Waals surface area contributed by atoms with Gasteiger partial charge >= 0.3 is 0 Å². The molecule has 0 saturated heterocycles. The molecule has 0 aliphatic carbocycles. The normalized spacial score (nSPS) is 12.3. The Hall–Kier alpha value is -0.770. The van der Waals surface area contributed by atoms with Crippen molar-refractivity contribution in [3.63, 3.8) is 0 Å². The van der Waals surface area contributed by atoms with Crippen molar-refractivity contribution >= 4 is 39.1 Å². The molecule has 0 aliphatic rings. The highest BCUT2D eigenvalue weighted by molar-refractivity contribution is 9.10. The lowest BCUT2D eigenvalue weighted by Gasteiger charge is -2.18. The summed E-state index contributed by atoms with van der Waals surface area (Å²) in [6.45, 7) is 1.77. The van der Waals surface area contributed by atoms with E-state index in [-0.39, 0.29) is 5.02 Å². The van der Waals surface area contributed by atoms with E-state index in [1.165, 1.54) is 12.1 Å². The maximum Gasteiger partial charge on any atom is 0.142 e. The maximum atomic E-state index is 13.5. The van der Waals surface area contributed by atoms with Gasteiger partial charge in [-0.05, 0) is 37.3 Å². The van der Waals surface area contributed by atoms with Crippen molar-refractivity contribution in [3.8, 4) is 5.75 Å². The molecule has 2 aromatic carbocycles. The van der Waals surface area contributed by atoms with Crippen molar-refractivity contribution in [1.82, 2.24) is 0 Å². The van der Waals surface area contributed by atoms with Gasteiger partial charge in [-0.25, -0.2) is 4.39 Å². The second-order valence-electron chi connectivity index (χ2n) is 3.97. The van der Waals surface area contributed by atoms with E-state index in [4.69, 9.17) is 27.9 Å². The zero-order valence-electron chi connectivity index (χ0n) is 9.96. The Labute approximate surface area is 129 Å². The zero-order chi connectivity index (χ0) is 14.0. The Morgan fingerprint density at radius 3 is 2.63 bits per heavy atom. The molecule has 0 aliphatic heterocycles. The van der Waals surface area contributed by atoms with E-state index in [9.17, 15) is 4.39 Å². The smallest absolute Gasteiger partial charge is 0.142 e. The van der Waals surface area contributed by atoms with E-state index >= 15 is 0 Å². The van der Waals surface area contributed by atoms with Gasteiger partial charge in [-0.3, -0.25) is 0 Å². The SMILES string of the molecule is CC(Oc1cccc(Br)c1)c1c(Cl)ccc(F)c1Cl. The minimum Gasteiger partial charge on any atom is -0.486 e. The largest absolute Gasteiger partial charge is 0.486 e. The minimum atomic E-state index is -0.509. The van der Waals surface area contributed by atoms with E-state index in [0.29, 0.717) is 16.3 Å². The topological polar surface area (TPSA) is 9.23 Å². The maximum absolute atomic E-state index is 13.5. The molecule has 5 heteroatoms. The molecule has 0 spiro atoms. The first-order chi connectivity index (χ1) is 8.99. The van der Waals surface area contributed by atoms with Gasteiger partial charge in [0.15, 0.2) is 0 Å². The van der Waals surface area contributed by atoms with Crippen LogP contribution in [0.15, 0.2) is 40.9 Å². The van der Waals surface area contributed by atoms with Gasteiger partial charge in [-0.15, -0.1) is 0 Å². The van der Waals surface area contributed by atoms with E-state index in [1.807, 2.05) is 24.3 Å². The van der Waals surface area contributed by atoms with Crippen LogP contribution >= 0.6 is 39.1 Å². The van der Waals surface area contributed by atoms with Crippen LogP contribution in [0.2, 0.25) is 10.0 Å². The molecule has 0 radical (unpaired) electrons. The Balaban J connectivity index is 2.30. The summed E-state index contributed by atoms with van der Waals surface area (Å²) >= 11 is 15.4. The van der Waals surface area contributed by atoms with Crippen LogP contribution in [0.1, 0.15) is 18.6 Å². The molecule has 0 aromatic heterocycles. The van der Waals surface area contributed by atoms with Crippen LogP contribution in [0.25, 0.3) is 0 Å². The number of ether oxygens (including phenoxy) is 1. The van der Waals surface area contributed by atoms with Crippen molar-refractivity contribution in [2.45, 2.75) is 13.0 Å². The summed E-state index contributed by atoms with van der Waals surface area (Å²) in [4.78, 5) is 0. The van der Waals surface area contributed by atoms with Gasteiger partial charge in [0.05, 0.1) is 5.02 Å². The first kappa shape index (κ1) is 14.6. The first-order valence-electron chi connectivity index (χ1n) is 5.54. The Morgan fingerprint density at radius 2 is 1.95 bits per heavy atom. The third kappa shape index (κ3) is 3.41. The molecule has 1 unspecified atom stereocenters. The predicted molar refractivity (Wildman–Crippen MR) is 79.6 cm³/mol. The van der Waals surface area contributed by atoms with Crippen LogP contribution in [0, 0.1) is 5.82 Å². The molecule has 0 fully saturated rings. The molecule has 0 heterocycles. The molecule has 0 N–H and O–H groups in total. The van der Waals surface area contributed by atoms with Crippen molar-refractivity contribution in [2.24, 2.45) is 0 Å². The van der Waals surface area contributed by atoms with Gasteiger partial charge in [-0.2, -0.15) is 0 Å². The standard InChI is InChI=1S/C14H10BrCl2FO/c1-8(19-10-4-2-3-9(15)7-10)13-11(16)5-6-12(18)14(13)17/h2-8H,1H3. The van der Waals surface area contributed by atoms with Crippen LogP contribution in [0.4, 0.5) is 4.39 Å². The van der Waals surface area contributed by atoms with Gasteiger partial charge in [0, 0.05) is 15.1 Å². The van der Waals surface area contributed by atoms with E-state index in [0.717, 1.165) is 4.47 Å². The molecule has 0 saturated carbocycles. The molecule has 2 aromatic rings. The number of rotatable bonds is 3. The molecule has 2 rings (SSSR count). The summed E-state index contributed by atoms with van der Waals surface area (Å²) < 4.78 is 20.1. The van der Waals surface area contributed by atoms with Gasteiger partial charge in [0.25, 0.3) is 0 Å². The van der Waals surface area contributed by atoms with Gasteiger partial charge in [-0.1, -0.05) is 45.2 Å². The van der Waals surface area contributed by atoms with Crippen LogP contribution in [0.3, 0.4) is 0 Å². The van der Waals surface area contributed by atoms with Crippen LogP contribution in [-0.4, -0.2) is 0 Å².